The van der Waals surface area contributed by atoms with Crippen LogP contribution in [-0.4, -0.2) is 35.9 Å². The maximum Gasteiger partial charge on any atom is 0.261 e. The van der Waals surface area contributed by atoms with E-state index in [0.29, 0.717) is 41.2 Å². The van der Waals surface area contributed by atoms with Crippen LogP contribution in [0, 0.1) is 12.8 Å². The standard InChI is InChI=1S/C24H30Cl2N2O3/c1-5-21(24(30)27-13-16(2)3)28(14-18-9-7-6-8-17(18)4)23(29)15-31-22-11-10-19(25)12-20(22)26/h6-12,16,21H,5,13-15H2,1-4H3,(H,27,30). The Labute approximate surface area is 194 Å². The minimum atomic E-state index is -0.602. The van der Waals surface area contributed by atoms with Crippen molar-refractivity contribution in [1.82, 2.24) is 10.2 Å². The van der Waals surface area contributed by atoms with Crippen molar-refractivity contribution in [2.24, 2.45) is 5.92 Å². The van der Waals surface area contributed by atoms with Gasteiger partial charge < -0.3 is 15.0 Å². The molecule has 0 heterocycles. The van der Waals surface area contributed by atoms with Crippen LogP contribution < -0.4 is 10.1 Å². The third kappa shape index (κ3) is 7.44. The molecule has 0 aliphatic carbocycles. The highest BCUT2D eigenvalue weighted by molar-refractivity contribution is 6.35. The van der Waals surface area contributed by atoms with Crippen LogP contribution in [0.3, 0.4) is 0 Å². The number of ether oxygens (including phenoxy) is 1. The van der Waals surface area contributed by atoms with E-state index in [-0.39, 0.29) is 18.4 Å². The molecule has 1 unspecified atom stereocenters. The summed E-state index contributed by atoms with van der Waals surface area (Å²) in [4.78, 5) is 27.7. The Morgan fingerprint density at radius 3 is 2.45 bits per heavy atom. The van der Waals surface area contributed by atoms with E-state index in [1.807, 2.05) is 52.0 Å². The lowest BCUT2D eigenvalue weighted by Gasteiger charge is -2.31. The minimum Gasteiger partial charge on any atom is -0.482 e. The maximum atomic E-state index is 13.2. The highest BCUT2D eigenvalue weighted by Crippen LogP contribution is 2.27. The van der Waals surface area contributed by atoms with Gasteiger partial charge in [-0.15, -0.1) is 0 Å². The first-order chi connectivity index (χ1) is 14.7. The first-order valence-corrected chi connectivity index (χ1v) is 11.2. The second-order valence-corrected chi connectivity index (χ2v) is 8.72. The molecule has 0 bridgehead atoms. The zero-order valence-electron chi connectivity index (χ0n) is 18.5. The van der Waals surface area contributed by atoms with Gasteiger partial charge in [0.25, 0.3) is 5.91 Å². The molecule has 2 aromatic carbocycles. The summed E-state index contributed by atoms with van der Waals surface area (Å²) in [5.41, 5.74) is 2.04. The fraction of sp³-hybridized carbons (Fsp3) is 0.417. The van der Waals surface area contributed by atoms with Gasteiger partial charge in [0.15, 0.2) is 6.61 Å². The lowest BCUT2D eigenvalue weighted by molar-refractivity contribution is -0.143. The predicted octanol–water partition coefficient (Wildman–Crippen LogP) is 5.26. The molecule has 2 aromatic rings. The monoisotopic (exact) mass is 464 g/mol. The number of benzene rings is 2. The quantitative estimate of drug-likeness (QED) is 0.521. The summed E-state index contributed by atoms with van der Waals surface area (Å²) in [5.74, 6) is 0.230. The number of hydrogen-bond donors (Lipinski definition) is 1. The van der Waals surface area contributed by atoms with Gasteiger partial charge in [0, 0.05) is 18.1 Å². The van der Waals surface area contributed by atoms with Crippen molar-refractivity contribution < 1.29 is 14.3 Å². The number of carbonyl (C=O) groups is 2. The van der Waals surface area contributed by atoms with E-state index in [9.17, 15) is 9.59 Å². The Hall–Kier alpha value is -2.24. The second kappa shape index (κ2) is 12.0. The van der Waals surface area contributed by atoms with Crippen molar-refractivity contribution in [3.63, 3.8) is 0 Å². The molecule has 0 aliphatic rings. The molecule has 2 amide bonds. The van der Waals surface area contributed by atoms with Crippen LogP contribution >= 0.6 is 23.2 Å². The molecule has 0 aliphatic heterocycles. The van der Waals surface area contributed by atoms with Gasteiger partial charge in [0.1, 0.15) is 11.8 Å². The lowest BCUT2D eigenvalue weighted by atomic mass is 10.1. The van der Waals surface area contributed by atoms with Crippen LogP contribution in [0.25, 0.3) is 0 Å². The Balaban J connectivity index is 2.23. The molecular formula is C24H30Cl2N2O3. The Bertz CT molecular complexity index is 902. The summed E-state index contributed by atoms with van der Waals surface area (Å²) in [7, 11) is 0. The normalized spacial score (nSPS) is 11.8. The lowest BCUT2D eigenvalue weighted by Crippen LogP contribution is -2.50. The molecule has 0 spiro atoms. The van der Waals surface area contributed by atoms with Crippen molar-refractivity contribution in [3.05, 3.63) is 63.6 Å². The van der Waals surface area contributed by atoms with Gasteiger partial charge in [0.05, 0.1) is 5.02 Å². The predicted molar refractivity (Wildman–Crippen MR) is 126 cm³/mol. The zero-order chi connectivity index (χ0) is 23.0. The molecule has 1 atom stereocenters. The smallest absolute Gasteiger partial charge is 0.261 e. The molecule has 0 saturated carbocycles. The first-order valence-electron chi connectivity index (χ1n) is 10.4. The topological polar surface area (TPSA) is 58.6 Å². The summed E-state index contributed by atoms with van der Waals surface area (Å²) in [5, 5.41) is 3.76. The number of rotatable bonds is 10. The molecule has 0 saturated heterocycles. The van der Waals surface area contributed by atoms with Crippen LogP contribution in [0.2, 0.25) is 10.0 Å². The van der Waals surface area contributed by atoms with Gasteiger partial charge in [-0.25, -0.2) is 0 Å². The van der Waals surface area contributed by atoms with E-state index < -0.39 is 6.04 Å². The molecule has 7 heteroatoms. The summed E-state index contributed by atoms with van der Waals surface area (Å²) in [6.07, 6.45) is 0.489. The molecule has 5 nitrogen and oxygen atoms in total. The Morgan fingerprint density at radius 1 is 1.13 bits per heavy atom. The average molecular weight is 465 g/mol. The highest BCUT2D eigenvalue weighted by atomic mass is 35.5. The van der Waals surface area contributed by atoms with Crippen LogP contribution in [-0.2, 0) is 16.1 Å². The average Bonchev–Trinajstić information content (AvgIpc) is 2.72. The molecule has 0 radical (unpaired) electrons. The molecule has 31 heavy (non-hydrogen) atoms. The number of halogens is 2. The molecule has 1 N–H and O–H groups in total. The van der Waals surface area contributed by atoms with Crippen molar-refractivity contribution in [3.8, 4) is 5.75 Å². The number of nitrogens with one attached hydrogen (secondary N) is 1. The summed E-state index contributed by atoms with van der Waals surface area (Å²) in [6.45, 7) is 8.58. The van der Waals surface area contributed by atoms with Gasteiger partial charge in [-0.05, 0) is 48.6 Å². The summed E-state index contributed by atoms with van der Waals surface area (Å²) < 4.78 is 5.66. The first kappa shape index (κ1) is 25.0. The van der Waals surface area contributed by atoms with Gasteiger partial charge >= 0.3 is 0 Å². The molecule has 0 aromatic heterocycles. The van der Waals surface area contributed by atoms with Crippen LogP contribution in [0.5, 0.6) is 5.75 Å². The third-order valence-electron chi connectivity index (χ3n) is 4.92. The number of amides is 2. The number of nitrogens with zero attached hydrogens (tertiary/aromatic N) is 1. The largest absolute Gasteiger partial charge is 0.482 e. The fourth-order valence-electron chi connectivity index (χ4n) is 3.13. The van der Waals surface area contributed by atoms with E-state index in [0.717, 1.165) is 11.1 Å². The van der Waals surface area contributed by atoms with Gasteiger partial charge in [0.2, 0.25) is 5.91 Å². The van der Waals surface area contributed by atoms with E-state index in [1.165, 1.54) is 0 Å². The number of aryl methyl sites for hydroxylation is 1. The van der Waals surface area contributed by atoms with E-state index in [1.54, 1.807) is 23.1 Å². The number of hydrogen-bond acceptors (Lipinski definition) is 3. The molecule has 0 fully saturated rings. The highest BCUT2D eigenvalue weighted by Gasteiger charge is 2.29. The molecular weight excluding hydrogens is 435 g/mol. The van der Waals surface area contributed by atoms with Crippen molar-refractivity contribution in [2.75, 3.05) is 13.2 Å². The van der Waals surface area contributed by atoms with Gasteiger partial charge in [-0.2, -0.15) is 0 Å². The van der Waals surface area contributed by atoms with Crippen molar-refractivity contribution in [2.45, 2.75) is 46.7 Å². The zero-order valence-corrected chi connectivity index (χ0v) is 20.0. The van der Waals surface area contributed by atoms with Crippen LogP contribution in [0.1, 0.15) is 38.3 Å². The van der Waals surface area contributed by atoms with Crippen molar-refractivity contribution in [1.29, 1.82) is 0 Å². The SMILES string of the molecule is CCC(C(=O)NCC(C)C)N(Cc1ccccc1C)C(=O)COc1ccc(Cl)cc1Cl. The molecule has 2 rings (SSSR count). The van der Waals surface area contributed by atoms with E-state index in [2.05, 4.69) is 5.32 Å². The van der Waals surface area contributed by atoms with E-state index >= 15 is 0 Å². The van der Waals surface area contributed by atoms with Gasteiger partial charge in [-0.1, -0.05) is 68.2 Å². The third-order valence-corrected chi connectivity index (χ3v) is 5.45. The van der Waals surface area contributed by atoms with Crippen molar-refractivity contribution >= 4 is 35.0 Å². The minimum absolute atomic E-state index is 0.164. The van der Waals surface area contributed by atoms with Crippen LogP contribution in [0.15, 0.2) is 42.5 Å². The Morgan fingerprint density at radius 2 is 1.84 bits per heavy atom. The summed E-state index contributed by atoms with van der Waals surface area (Å²) in [6, 6.07) is 12.0. The fourth-order valence-corrected chi connectivity index (χ4v) is 3.59. The second-order valence-electron chi connectivity index (χ2n) is 7.87. The maximum absolute atomic E-state index is 13.2. The Kier molecular flexibility index (Phi) is 9.66. The van der Waals surface area contributed by atoms with E-state index in [4.69, 9.17) is 27.9 Å². The number of carbonyl (C=O) groups excluding carboxylic acids is 2. The molecule has 168 valence electrons. The summed E-state index contributed by atoms with van der Waals surface area (Å²) >= 11 is 12.1. The van der Waals surface area contributed by atoms with Gasteiger partial charge in [-0.3, -0.25) is 9.59 Å². The van der Waals surface area contributed by atoms with Crippen LogP contribution in [0.4, 0.5) is 0 Å².